The van der Waals surface area contributed by atoms with Crippen molar-refractivity contribution >= 4 is 28.1 Å². The first-order chi connectivity index (χ1) is 11.6. The molecule has 1 aromatic carbocycles. The Labute approximate surface area is 136 Å². The highest BCUT2D eigenvalue weighted by Crippen LogP contribution is 2.19. The standard InChI is InChI=1S/C17H13N5O2/c1-21-10-12(9-18-17(21)24)19-16(23)13-6-7-22-14-5-3-2-4-11(14)8-15(22)20-13/h2-10H,1H3,(H,19,23). The fraction of sp³-hybridized carbons (Fsp3) is 0.0588. The molecule has 24 heavy (non-hydrogen) atoms. The zero-order chi connectivity index (χ0) is 16.7. The number of aryl methyl sites for hydroxylation is 1. The number of benzene rings is 1. The minimum atomic E-state index is -0.382. The van der Waals surface area contributed by atoms with E-state index in [1.54, 1.807) is 13.1 Å². The quantitative estimate of drug-likeness (QED) is 0.611. The summed E-state index contributed by atoms with van der Waals surface area (Å²) < 4.78 is 3.23. The summed E-state index contributed by atoms with van der Waals surface area (Å²) in [5.74, 6) is -0.358. The average molecular weight is 319 g/mol. The van der Waals surface area contributed by atoms with E-state index in [1.165, 1.54) is 17.0 Å². The molecule has 0 aliphatic rings. The van der Waals surface area contributed by atoms with Crippen LogP contribution in [0.5, 0.6) is 0 Å². The Hall–Kier alpha value is -3.48. The van der Waals surface area contributed by atoms with Crippen LogP contribution in [-0.2, 0) is 7.05 Å². The first kappa shape index (κ1) is 14.1. The van der Waals surface area contributed by atoms with Gasteiger partial charge in [-0.15, -0.1) is 0 Å². The van der Waals surface area contributed by atoms with Crippen molar-refractivity contribution in [2.45, 2.75) is 0 Å². The molecule has 0 bridgehead atoms. The van der Waals surface area contributed by atoms with Crippen LogP contribution < -0.4 is 11.0 Å². The maximum absolute atomic E-state index is 12.4. The van der Waals surface area contributed by atoms with Crippen molar-refractivity contribution in [2.75, 3.05) is 5.32 Å². The van der Waals surface area contributed by atoms with Crippen LogP contribution in [0.2, 0.25) is 0 Å². The van der Waals surface area contributed by atoms with Crippen LogP contribution in [0.15, 0.2) is 59.8 Å². The maximum Gasteiger partial charge on any atom is 0.347 e. The molecule has 7 nitrogen and oxygen atoms in total. The van der Waals surface area contributed by atoms with Crippen LogP contribution >= 0.6 is 0 Å². The Morgan fingerprint density at radius 1 is 1.21 bits per heavy atom. The SMILES string of the molecule is Cn1cc(NC(=O)c2ccn3c(cc4ccccc43)n2)cnc1=O. The zero-order valence-electron chi connectivity index (χ0n) is 12.8. The molecule has 0 aliphatic heterocycles. The smallest absolute Gasteiger partial charge is 0.318 e. The second kappa shape index (κ2) is 5.31. The zero-order valence-corrected chi connectivity index (χ0v) is 12.8. The van der Waals surface area contributed by atoms with Crippen molar-refractivity contribution in [3.05, 3.63) is 71.2 Å². The second-order valence-electron chi connectivity index (χ2n) is 5.43. The molecule has 0 atom stereocenters. The highest BCUT2D eigenvalue weighted by molar-refractivity contribution is 6.03. The van der Waals surface area contributed by atoms with Gasteiger partial charge in [-0.05, 0) is 18.2 Å². The van der Waals surface area contributed by atoms with Crippen molar-refractivity contribution < 1.29 is 4.79 Å². The molecule has 0 saturated heterocycles. The molecule has 118 valence electrons. The summed E-state index contributed by atoms with van der Waals surface area (Å²) in [5, 5.41) is 3.75. The van der Waals surface area contributed by atoms with Gasteiger partial charge in [-0.2, -0.15) is 4.98 Å². The van der Waals surface area contributed by atoms with E-state index in [2.05, 4.69) is 15.3 Å². The number of carbonyl (C=O) groups is 1. The lowest BCUT2D eigenvalue weighted by molar-refractivity contribution is 0.102. The number of hydrogen-bond acceptors (Lipinski definition) is 4. The van der Waals surface area contributed by atoms with Crippen molar-refractivity contribution in [3.63, 3.8) is 0 Å². The van der Waals surface area contributed by atoms with Crippen LogP contribution in [-0.4, -0.2) is 24.8 Å². The van der Waals surface area contributed by atoms with Gasteiger partial charge in [-0.3, -0.25) is 4.79 Å². The Balaban J connectivity index is 1.70. The lowest BCUT2D eigenvalue weighted by Gasteiger charge is -2.06. The normalized spacial score (nSPS) is 11.0. The summed E-state index contributed by atoms with van der Waals surface area (Å²) in [6.45, 7) is 0. The van der Waals surface area contributed by atoms with Gasteiger partial charge in [0.15, 0.2) is 0 Å². The summed E-state index contributed by atoms with van der Waals surface area (Å²) >= 11 is 0. The molecule has 0 saturated carbocycles. The van der Waals surface area contributed by atoms with E-state index < -0.39 is 0 Å². The van der Waals surface area contributed by atoms with Crippen LogP contribution in [0, 0.1) is 0 Å². The van der Waals surface area contributed by atoms with Crippen LogP contribution in [0.1, 0.15) is 10.5 Å². The molecule has 0 radical (unpaired) electrons. The Morgan fingerprint density at radius 2 is 2.04 bits per heavy atom. The molecule has 3 heterocycles. The molecule has 7 heteroatoms. The highest BCUT2D eigenvalue weighted by Gasteiger charge is 2.11. The van der Waals surface area contributed by atoms with Gasteiger partial charge in [-0.25, -0.2) is 9.78 Å². The van der Waals surface area contributed by atoms with E-state index in [9.17, 15) is 9.59 Å². The minimum absolute atomic E-state index is 0.291. The van der Waals surface area contributed by atoms with Gasteiger partial charge in [0.05, 0.1) is 17.4 Å². The number of para-hydroxylation sites is 1. The first-order valence-electron chi connectivity index (χ1n) is 7.33. The van der Waals surface area contributed by atoms with Gasteiger partial charge in [0.1, 0.15) is 11.3 Å². The average Bonchev–Trinajstić information content (AvgIpc) is 2.96. The number of fused-ring (bicyclic) bond motifs is 3. The monoisotopic (exact) mass is 319 g/mol. The number of nitrogens with one attached hydrogen (secondary N) is 1. The Morgan fingerprint density at radius 3 is 2.88 bits per heavy atom. The number of aromatic nitrogens is 4. The van der Waals surface area contributed by atoms with E-state index in [0.717, 1.165) is 10.9 Å². The fourth-order valence-corrected chi connectivity index (χ4v) is 2.61. The Bertz CT molecular complexity index is 1140. The summed E-state index contributed by atoms with van der Waals surface area (Å²) in [5.41, 5.74) is 2.08. The maximum atomic E-state index is 12.4. The molecule has 3 aromatic heterocycles. The third-order valence-corrected chi connectivity index (χ3v) is 3.78. The van der Waals surface area contributed by atoms with Crippen molar-refractivity contribution in [3.8, 4) is 0 Å². The number of amides is 1. The molecular formula is C17H13N5O2. The predicted molar refractivity (Wildman–Crippen MR) is 90.1 cm³/mol. The summed E-state index contributed by atoms with van der Waals surface area (Å²) in [4.78, 5) is 31.7. The third-order valence-electron chi connectivity index (χ3n) is 3.78. The van der Waals surface area contributed by atoms with Gasteiger partial charge < -0.3 is 14.3 Å². The predicted octanol–water partition coefficient (Wildman–Crippen LogP) is 1.83. The van der Waals surface area contributed by atoms with Gasteiger partial charge >= 0.3 is 5.69 Å². The minimum Gasteiger partial charge on any atom is -0.318 e. The van der Waals surface area contributed by atoms with Gasteiger partial charge in [0.2, 0.25) is 0 Å². The van der Waals surface area contributed by atoms with E-state index in [1.807, 2.05) is 40.9 Å². The molecule has 0 spiro atoms. The number of carbonyl (C=O) groups excluding carboxylic acids is 1. The number of hydrogen-bond donors (Lipinski definition) is 1. The van der Waals surface area contributed by atoms with Gasteiger partial charge in [-0.1, -0.05) is 18.2 Å². The van der Waals surface area contributed by atoms with Crippen LogP contribution in [0.4, 0.5) is 5.69 Å². The topological polar surface area (TPSA) is 81.3 Å². The van der Waals surface area contributed by atoms with Crippen LogP contribution in [0.25, 0.3) is 16.6 Å². The molecule has 0 unspecified atom stereocenters. The molecular weight excluding hydrogens is 306 g/mol. The second-order valence-corrected chi connectivity index (χ2v) is 5.43. The van der Waals surface area contributed by atoms with Crippen molar-refractivity contribution in [1.82, 2.24) is 18.9 Å². The van der Waals surface area contributed by atoms with Gasteiger partial charge in [0.25, 0.3) is 5.91 Å². The first-order valence-corrected chi connectivity index (χ1v) is 7.33. The van der Waals surface area contributed by atoms with E-state index in [4.69, 9.17) is 0 Å². The summed E-state index contributed by atoms with van der Waals surface area (Å²) in [7, 11) is 1.57. The molecule has 0 aliphatic carbocycles. The lowest BCUT2D eigenvalue weighted by atomic mass is 10.2. The molecule has 0 fully saturated rings. The number of rotatable bonds is 2. The molecule has 4 aromatic rings. The van der Waals surface area contributed by atoms with E-state index in [-0.39, 0.29) is 11.6 Å². The van der Waals surface area contributed by atoms with E-state index in [0.29, 0.717) is 17.0 Å². The highest BCUT2D eigenvalue weighted by atomic mass is 16.2. The molecule has 1 amide bonds. The largest absolute Gasteiger partial charge is 0.347 e. The van der Waals surface area contributed by atoms with Crippen molar-refractivity contribution in [1.29, 1.82) is 0 Å². The fourth-order valence-electron chi connectivity index (χ4n) is 2.61. The van der Waals surface area contributed by atoms with E-state index >= 15 is 0 Å². The lowest BCUT2D eigenvalue weighted by Crippen LogP contribution is -2.21. The van der Waals surface area contributed by atoms with Gasteiger partial charge in [0, 0.05) is 24.8 Å². The number of anilines is 1. The van der Waals surface area contributed by atoms with Crippen molar-refractivity contribution in [2.24, 2.45) is 7.05 Å². The summed E-state index contributed by atoms with van der Waals surface area (Å²) in [6.07, 6.45) is 4.65. The summed E-state index contributed by atoms with van der Waals surface area (Å²) in [6, 6.07) is 11.5. The third kappa shape index (κ3) is 2.32. The Kier molecular flexibility index (Phi) is 3.13. The molecule has 1 N–H and O–H groups in total. The molecule has 4 rings (SSSR count). The van der Waals surface area contributed by atoms with Crippen LogP contribution in [0.3, 0.4) is 0 Å². The number of nitrogens with zero attached hydrogens (tertiary/aromatic N) is 4.